The minimum Gasteiger partial charge on any atom is -0.445 e. The molecular formula is C32H33ClN3O5+. The number of anilines is 2. The molecule has 41 heavy (non-hydrogen) atoms. The number of fused-ring (bicyclic) bond motifs is 5. The summed E-state index contributed by atoms with van der Waals surface area (Å²) in [6.45, 7) is 0. The Bertz CT molecular complexity index is 1470. The molecule has 3 fully saturated rings. The number of halogens is 1. The summed E-state index contributed by atoms with van der Waals surface area (Å²) >= 11 is 6.08. The van der Waals surface area contributed by atoms with E-state index in [1.165, 1.54) is 0 Å². The topological polar surface area (TPSA) is 97.0 Å². The third kappa shape index (κ3) is 5.60. The molecule has 2 amide bonds. The molecular weight excluding hydrogens is 542 g/mol. The van der Waals surface area contributed by atoms with Gasteiger partial charge in [-0.2, -0.15) is 0 Å². The summed E-state index contributed by atoms with van der Waals surface area (Å²) in [7, 11) is 4.50. The maximum atomic E-state index is 13.1. The Kier molecular flexibility index (Phi) is 7.32. The summed E-state index contributed by atoms with van der Waals surface area (Å²) in [6.07, 6.45) is 2.91. The average molecular weight is 575 g/mol. The first kappa shape index (κ1) is 27.4. The number of hydrogen-bond donors (Lipinski definition) is 2. The van der Waals surface area contributed by atoms with Crippen molar-refractivity contribution in [2.45, 2.75) is 56.1 Å². The van der Waals surface area contributed by atoms with Crippen LogP contribution in [0.15, 0.2) is 66.7 Å². The lowest BCUT2D eigenvalue weighted by molar-refractivity contribution is -0.938. The molecule has 212 valence electrons. The molecule has 3 aliphatic rings. The largest absolute Gasteiger partial charge is 0.445 e. The lowest BCUT2D eigenvalue weighted by atomic mass is 9.96. The van der Waals surface area contributed by atoms with Crippen LogP contribution in [0.2, 0.25) is 5.02 Å². The van der Waals surface area contributed by atoms with Crippen molar-refractivity contribution in [1.82, 2.24) is 0 Å². The van der Waals surface area contributed by atoms with Crippen LogP contribution in [0.3, 0.4) is 0 Å². The second-order valence-corrected chi connectivity index (χ2v) is 12.0. The van der Waals surface area contributed by atoms with Gasteiger partial charge in [-0.1, -0.05) is 54.1 Å². The van der Waals surface area contributed by atoms with E-state index >= 15 is 0 Å². The average Bonchev–Trinajstić information content (AvgIpc) is 3.71. The molecule has 2 N–H and O–H groups in total. The number of amides is 2. The van der Waals surface area contributed by atoms with Crippen molar-refractivity contribution in [3.8, 4) is 11.1 Å². The molecule has 3 aromatic rings. The van der Waals surface area contributed by atoms with Crippen molar-refractivity contribution < 1.29 is 28.3 Å². The number of epoxide rings is 1. The molecule has 5 atom stereocenters. The summed E-state index contributed by atoms with van der Waals surface area (Å²) in [5.41, 5.74) is 4.27. The number of likely N-dealkylation sites (N-methyl/N-ethyl adjacent to an activating group) is 1. The minimum absolute atomic E-state index is 0.145. The van der Waals surface area contributed by atoms with Gasteiger partial charge in [0.25, 0.3) is 0 Å². The third-order valence-electron chi connectivity index (χ3n) is 8.77. The van der Waals surface area contributed by atoms with Crippen molar-refractivity contribution in [3.63, 3.8) is 0 Å². The molecule has 6 rings (SSSR count). The van der Waals surface area contributed by atoms with Gasteiger partial charge in [-0.15, -0.1) is 0 Å². The number of piperidine rings is 1. The van der Waals surface area contributed by atoms with Crippen molar-refractivity contribution in [3.05, 3.63) is 82.9 Å². The predicted molar refractivity (Wildman–Crippen MR) is 157 cm³/mol. The van der Waals surface area contributed by atoms with Gasteiger partial charge in [0.15, 0.2) is 6.29 Å². The highest BCUT2D eigenvalue weighted by Gasteiger charge is 2.70. The van der Waals surface area contributed by atoms with Gasteiger partial charge in [0.1, 0.15) is 30.4 Å². The van der Waals surface area contributed by atoms with E-state index < -0.39 is 6.09 Å². The van der Waals surface area contributed by atoms with Crippen LogP contribution >= 0.6 is 11.6 Å². The van der Waals surface area contributed by atoms with Crippen molar-refractivity contribution in [1.29, 1.82) is 0 Å². The van der Waals surface area contributed by atoms with Crippen molar-refractivity contribution in [2.24, 2.45) is 0 Å². The first-order valence-corrected chi connectivity index (χ1v) is 14.3. The monoisotopic (exact) mass is 574 g/mol. The number of nitrogens with zero attached hydrogens (tertiary/aromatic N) is 1. The highest BCUT2D eigenvalue weighted by atomic mass is 35.5. The van der Waals surface area contributed by atoms with E-state index in [9.17, 15) is 14.4 Å². The Morgan fingerprint density at radius 2 is 1.73 bits per heavy atom. The second kappa shape index (κ2) is 10.9. The highest BCUT2D eigenvalue weighted by Crippen LogP contribution is 2.51. The number of aldehydes is 1. The molecule has 0 saturated carbocycles. The maximum absolute atomic E-state index is 13.1. The zero-order chi connectivity index (χ0) is 28.7. The van der Waals surface area contributed by atoms with Crippen LogP contribution in [0.1, 0.15) is 35.2 Å². The van der Waals surface area contributed by atoms with Crippen molar-refractivity contribution in [2.75, 3.05) is 24.7 Å². The lowest BCUT2D eigenvalue weighted by Crippen LogP contribution is -2.60. The Balaban J connectivity index is 1.13. The number of nitrogens with one attached hydrogen (secondary N) is 2. The number of benzene rings is 3. The number of rotatable bonds is 8. The lowest BCUT2D eigenvalue weighted by Gasteiger charge is -2.45. The molecule has 9 heteroatoms. The summed E-state index contributed by atoms with van der Waals surface area (Å²) in [4.78, 5) is 36.8. The van der Waals surface area contributed by atoms with Gasteiger partial charge in [0.05, 0.1) is 24.8 Å². The van der Waals surface area contributed by atoms with Gasteiger partial charge in [0, 0.05) is 36.1 Å². The fourth-order valence-electron chi connectivity index (χ4n) is 6.49. The molecule has 0 unspecified atom stereocenters. The first-order valence-electron chi connectivity index (χ1n) is 13.9. The molecule has 3 heterocycles. The molecule has 3 aromatic carbocycles. The summed E-state index contributed by atoms with van der Waals surface area (Å²) in [6, 6.07) is 21.1. The van der Waals surface area contributed by atoms with E-state index in [-0.39, 0.29) is 35.7 Å². The predicted octanol–water partition coefficient (Wildman–Crippen LogP) is 5.70. The number of carbonyl (C=O) groups is 3. The van der Waals surface area contributed by atoms with E-state index in [2.05, 4.69) is 24.7 Å². The SMILES string of the molecule is C[N+]1(C)[C@@H]2C[C@@H](OC(=O)Nc3cc(CCC(=O)Nc4ccc(C=O)c(Cl)c4)ccc3-c3ccccc3)C[C@H]1[C@@H]1O[C@@H]12. The van der Waals surface area contributed by atoms with E-state index in [4.69, 9.17) is 21.1 Å². The van der Waals surface area contributed by atoms with Gasteiger partial charge in [-0.25, -0.2) is 4.79 Å². The number of carbonyl (C=O) groups excluding carboxylic acids is 3. The zero-order valence-electron chi connectivity index (χ0n) is 23.0. The minimum atomic E-state index is -0.473. The van der Waals surface area contributed by atoms with Crippen LogP contribution in [0.5, 0.6) is 0 Å². The number of hydrogen-bond acceptors (Lipinski definition) is 5. The van der Waals surface area contributed by atoms with Crippen LogP contribution in [0.25, 0.3) is 11.1 Å². The van der Waals surface area contributed by atoms with E-state index in [1.54, 1.807) is 18.2 Å². The molecule has 3 saturated heterocycles. The summed E-state index contributed by atoms with van der Waals surface area (Å²) < 4.78 is 12.7. The van der Waals surface area contributed by atoms with Crippen molar-refractivity contribution >= 4 is 41.3 Å². The molecule has 0 aromatic heterocycles. The summed E-state index contributed by atoms with van der Waals surface area (Å²) in [5.74, 6) is -0.184. The maximum Gasteiger partial charge on any atom is 0.411 e. The Labute approximate surface area is 244 Å². The second-order valence-electron chi connectivity index (χ2n) is 11.6. The Morgan fingerprint density at radius 1 is 1.00 bits per heavy atom. The number of ether oxygens (including phenoxy) is 2. The van der Waals surface area contributed by atoms with E-state index in [0.717, 1.165) is 34.0 Å². The quantitative estimate of drug-likeness (QED) is 0.204. The van der Waals surface area contributed by atoms with Crippen LogP contribution in [0.4, 0.5) is 16.2 Å². The molecule has 8 nitrogen and oxygen atoms in total. The highest BCUT2D eigenvalue weighted by molar-refractivity contribution is 6.33. The van der Waals surface area contributed by atoms with Gasteiger partial charge in [-0.3, -0.25) is 14.9 Å². The van der Waals surface area contributed by atoms with Crippen LogP contribution in [0, 0.1) is 0 Å². The normalized spacial score (nSPS) is 25.1. The van der Waals surface area contributed by atoms with Gasteiger partial charge < -0.3 is 19.3 Å². The van der Waals surface area contributed by atoms with Gasteiger partial charge >= 0.3 is 6.09 Å². The fraction of sp³-hybridized carbons (Fsp3) is 0.344. The van der Waals surface area contributed by atoms with Crippen LogP contribution < -0.4 is 10.6 Å². The molecule has 2 bridgehead atoms. The molecule has 0 aliphatic carbocycles. The fourth-order valence-corrected chi connectivity index (χ4v) is 6.72. The Hall–Kier alpha value is -3.72. The van der Waals surface area contributed by atoms with E-state index in [0.29, 0.717) is 41.7 Å². The molecule has 3 aliphatic heterocycles. The molecule has 0 radical (unpaired) electrons. The zero-order valence-corrected chi connectivity index (χ0v) is 23.8. The Morgan fingerprint density at radius 3 is 2.41 bits per heavy atom. The van der Waals surface area contributed by atoms with Gasteiger partial charge in [-0.05, 0) is 41.8 Å². The first-order chi connectivity index (χ1) is 19.7. The summed E-state index contributed by atoms with van der Waals surface area (Å²) in [5, 5.41) is 6.09. The van der Waals surface area contributed by atoms with Gasteiger partial charge in [0.2, 0.25) is 5.91 Å². The standard InChI is InChI=1S/C32H32ClN3O5/c1-36(2)27-16-23(17-28(36)31-30(27)41-31)40-32(39)35-26-14-19(8-12-24(26)20-6-4-3-5-7-20)9-13-29(38)34-22-11-10-21(18-37)25(33)15-22/h3-8,10-12,14-15,18,23,27-28,30-31H,9,13,16-17H2,1-2H3,(H-,34,35,37,38,39)/p+1/t23-,27-,28+,30-,31+. The molecule has 0 spiro atoms. The van der Waals surface area contributed by atoms with Crippen LogP contribution in [-0.2, 0) is 20.7 Å². The number of aryl methyl sites for hydroxylation is 1. The number of quaternary nitrogens is 1. The van der Waals surface area contributed by atoms with E-state index in [1.807, 2.05) is 48.5 Å². The van der Waals surface area contributed by atoms with Crippen LogP contribution in [-0.4, -0.2) is 67.3 Å². The number of morpholine rings is 1. The third-order valence-corrected chi connectivity index (χ3v) is 9.10. The smallest absolute Gasteiger partial charge is 0.411 e.